The summed E-state index contributed by atoms with van der Waals surface area (Å²) < 4.78 is 14.9. The average molecular weight is 407 g/mol. The van der Waals surface area contributed by atoms with Gasteiger partial charge in [0.2, 0.25) is 0 Å². The maximum atomic E-state index is 12.4. The molecule has 0 aliphatic carbocycles. The summed E-state index contributed by atoms with van der Waals surface area (Å²) in [6.07, 6.45) is 2.02. The van der Waals surface area contributed by atoms with E-state index in [1.54, 1.807) is 12.1 Å². The molecule has 3 aromatic rings. The minimum Gasteiger partial charge on any atom is -0.486 e. The summed E-state index contributed by atoms with van der Waals surface area (Å²) in [4.78, 5) is 18.3. The van der Waals surface area contributed by atoms with Crippen LogP contribution in [0.2, 0.25) is 4.34 Å². The highest BCUT2D eigenvalue weighted by Gasteiger charge is 2.16. The van der Waals surface area contributed by atoms with Crippen LogP contribution in [0.25, 0.3) is 10.2 Å². The van der Waals surface area contributed by atoms with E-state index < -0.39 is 0 Å². The molecule has 0 bridgehead atoms. The van der Waals surface area contributed by atoms with Gasteiger partial charge in [0.1, 0.15) is 13.2 Å². The lowest BCUT2D eigenvalue weighted by Gasteiger charge is -2.18. The van der Waals surface area contributed by atoms with E-state index in [0.717, 1.165) is 20.8 Å². The fourth-order valence-corrected chi connectivity index (χ4v) is 4.88. The first-order valence-corrected chi connectivity index (χ1v) is 10.0. The zero-order valence-electron chi connectivity index (χ0n) is 13.7. The van der Waals surface area contributed by atoms with Gasteiger partial charge in [-0.15, -0.1) is 17.9 Å². The number of ether oxygens (including phenoxy) is 2. The number of allylic oxidation sites excluding steroid dienone is 1. The van der Waals surface area contributed by atoms with E-state index in [1.807, 2.05) is 22.8 Å². The number of thiophene rings is 1. The minimum atomic E-state index is -0.204. The lowest BCUT2D eigenvalue weighted by Crippen LogP contribution is -2.17. The largest absolute Gasteiger partial charge is 0.486 e. The molecule has 0 radical (unpaired) electrons. The molecule has 0 unspecified atom stereocenters. The van der Waals surface area contributed by atoms with E-state index in [0.29, 0.717) is 34.6 Å². The van der Waals surface area contributed by atoms with Crippen LogP contribution in [0.15, 0.2) is 41.9 Å². The normalized spacial score (nSPS) is 14.0. The van der Waals surface area contributed by atoms with Gasteiger partial charge < -0.3 is 14.0 Å². The third-order valence-electron chi connectivity index (χ3n) is 3.83. The molecule has 2 aromatic heterocycles. The minimum absolute atomic E-state index is 0.204. The van der Waals surface area contributed by atoms with Crippen LogP contribution in [0, 0.1) is 0 Å². The summed E-state index contributed by atoms with van der Waals surface area (Å²) in [6, 6.07) is 7.52. The fourth-order valence-electron chi connectivity index (χ4n) is 2.74. The molecule has 0 N–H and O–H groups in total. The molecule has 1 aliphatic rings. The van der Waals surface area contributed by atoms with Crippen molar-refractivity contribution in [2.75, 3.05) is 13.2 Å². The summed E-state index contributed by atoms with van der Waals surface area (Å²) in [5.74, 6) is 1.23. The molecule has 1 amide bonds. The summed E-state index contributed by atoms with van der Waals surface area (Å²) in [6.45, 7) is 5.43. The number of carbonyl (C=O) groups is 1. The first-order valence-electron chi connectivity index (χ1n) is 7.99. The monoisotopic (exact) mass is 406 g/mol. The Morgan fingerprint density at radius 2 is 2.04 bits per heavy atom. The van der Waals surface area contributed by atoms with Gasteiger partial charge in [0.15, 0.2) is 16.3 Å². The summed E-state index contributed by atoms with van der Waals surface area (Å²) in [7, 11) is 0. The van der Waals surface area contributed by atoms with Crippen molar-refractivity contribution in [1.82, 2.24) is 4.57 Å². The van der Waals surface area contributed by atoms with Gasteiger partial charge in [-0.3, -0.25) is 4.79 Å². The maximum absolute atomic E-state index is 12.4. The van der Waals surface area contributed by atoms with Crippen molar-refractivity contribution in [1.29, 1.82) is 0 Å². The first-order chi connectivity index (χ1) is 12.6. The number of amides is 1. The molecule has 26 heavy (non-hydrogen) atoms. The third-order valence-corrected chi connectivity index (χ3v) is 6.11. The fraction of sp³-hybridized carbons (Fsp3) is 0.222. The van der Waals surface area contributed by atoms with Gasteiger partial charge in [-0.25, -0.2) is 0 Å². The van der Waals surface area contributed by atoms with Crippen molar-refractivity contribution < 1.29 is 14.3 Å². The molecule has 0 saturated carbocycles. The SMILES string of the molecule is C=CCn1c(=NC(=O)Cc2ccc(Cl)s2)sc2cc3c(cc21)OCCO3. The number of aromatic nitrogens is 1. The molecule has 0 atom stereocenters. The van der Waals surface area contributed by atoms with Crippen molar-refractivity contribution in [2.45, 2.75) is 13.0 Å². The first kappa shape index (κ1) is 17.3. The number of halogens is 1. The average Bonchev–Trinajstić information content (AvgIpc) is 3.17. The number of thiazole rings is 1. The number of nitrogens with zero attached hydrogens (tertiary/aromatic N) is 2. The molecule has 1 aromatic carbocycles. The molecule has 0 fully saturated rings. The van der Waals surface area contributed by atoms with E-state index in [1.165, 1.54) is 22.7 Å². The van der Waals surface area contributed by atoms with E-state index in [4.69, 9.17) is 21.1 Å². The zero-order valence-corrected chi connectivity index (χ0v) is 16.1. The van der Waals surface area contributed by atoms with Crippen LogP contribution >= 0.6 is 34.3 Å². The zero-order chi connectivity index (χ0) is 18.1. The number of hydrogen-bond acceptors (Lipinski definition) is 5. The second-order valence-electron chi connectivity index (χ2n) is 5.64. The van der Waals surface area contributed by atoms with Gasteiger partial charge in [-0.05, 0) is 12.1 Å². The molecule has 1 aliphatic heterocycles. The number of fused-ring (bicyclic) bond motifs is 2. The Hall–Kier alpha value is -2.09. The van der Waals surface area contributed by atoms with Crippen LogP contribution in [-0.2, 0) is 17.8 Å². The lowest BCUT2D eigenvalue weighted by atomic mass is 10.2. The maximum Gasteiger partial charge on any atom is 0.253 e. The molecule has 5 nitrogen and oxygen atoms in total. The van der Waals surface area contributed by atoms with Crippen LogP contribution in [0.3, 0.4) is 0 Å². The Balaban J connectivity index is 1.76. The van der Waals surface area contributed by atoms with E-state index in [2.05, 4.69) is 11.6 Å². The quantitative estimate of drug-likeness (QED) is 0.614. The van der Waals surface area contributed by atoms with E-state index in [-0.39, 0.29) is 12.3 Å². The van der Waals surface area contributed by atoms with Crippen molar-refractivity contribution in [2.24, 2.45) is 4.99 Å². The van der Waals surface area contributed by atoms with E-state index >= 15 is 0 Å². The summed E-state index contributed by atoms with van der Waals surface area (Å²) in [5, 5.41) is 0. The lowest BCUT2D eigenvalue weighted by molar-refractivity contribution is -0.117. The smallest absolute Gasteiger partial charge is 0.253 e. The second-order valence-corrected chi connectivity index (χ2v) is 8.44. The van der Waals surface area contributed by atoms with Crippen LogP contribution in [0.5, 0.6) is 11.5 Å². The van der Waals surface area contributed by atoms with Gasteiger partial charge in [-0.2, -0.15) is 4.99 Å². The standard InChI is InChI=1S/C18H15ClN2O3S2/c1-2-5-21-12-9-13-14(24-7-6-23-13)10-15(12)26-18(21)20-17(22)8-11-3-4-16(19)25-11/h2-4,9-10H,1,5-8H2. The molecular formula is C18H15ClN2O3S2. The predicted octanol–water partition coefficient (Wildman–Crippen LogP) is 4.04. The number of carbonyl (C=O) groups excluding carboxylic acids is 1. The third kappa shape index (κ3) is 3.42. The van der Waals surface area contributed by atoms with Gasteiger partial charge in [0.25, 0.3) is 5.91 Å². The van der Waals surface area contributed by atoms with Crippen molar-refractivity contribution in [3.05, 3.63) is 50.9 Å². The highest BCUT2D eigenvalue weighted by atomic mass is 35.5. The number of rotatable bonds is 4. The van der Waals surface area contributed by atoms with Crippen LogP contribution in [-0.4, -0.2) is 23.7 Å². The van der Waals surface area contributed by atoms with Gasteiger partial charge in [0, 0.05) is 23.6 Å². The number of benzene rings is 1. The molecule has 134 valence electrons. The van der Waals surface area contributed by atoms with E-state index in [9.17, 15) is 4.79 Å². The van der Waals surface area contributed by atoms with Crippen molar-refractivity contribution in [3.8, 4) is 11.5 Å². The molecule has 0 spiro atoms. The Kier molecular flexibility index (Phi) is 4.84. The number of hydrogen-bond donors (Lipinski definition) is 0. The molecule has 8 heteroatoms. The molecular weight excluding hydrogens is 392 g/mol. The van der Waals surface area contributed by atoms with Crippen LogP contribution in [0.4, 0.5) is 0 Å². The second kappa shape index (κ2) is 7.26. The topological polar surface area (TPSA) is 52.8 Å². The highest BCUT2D eigenvalue weighted by Crippen LogP contribution is 2.35. The van der Waals surface area contributed by atoms with Crippen molar-refractivity contribution >= 4 is 50.4 Å². The Bertz CT molecular complexity index is 1060. The van der Waals surface area contributed by atoms with Gasteiger partial charge in [0.05, 0.1) is 21.0 Å². The Morgan fingerprint density at radius 3 is 2.73 bits per heavy atom. The molecule has 0 saturated heterocycles. The van der Waals surface area contributed by atoms with Gasteiger partial charge in [-0.1, -0.05) is 29.0 Å². The molecule has 4 rings (SSSR count). The van der Waals surface area contributed by atoms with Crippen LogP contribution < -0.4 is 14.3 Å². The highest BCUT2D eigenvalue weighted by molar-refractivity contribution is 7.16. The molecule has 3 heterocycles. The van der Waals surface area contributed by atoms with Crippen LogP contribution in [0.1, 0.15) is 4.88 Å². The Labute approximate surface area is 162 Å². The van der Waals surface area contributed by atoms with Gasteiger partial charge >= 0.3 is 0 Å². The predicted molar refractivity (Wildman–Crippen MR) is 105 cm³/mol. The Morgan fingerprint density at radius 1 is 1.27 bits per heavy atom. The summed E-state index contributed by atoms with van der Waals surface area (Å²) in [5.41, 5.74) is 0.949. The van der Waals surface area contributed by atoms with Crippen molar-refractivity contribution in [3.63, 3.8) is 0 Å². The summed E-state index contributed by atoms with van der Waals surface area (Å²) >= 11 is 8.77.